The molecule has 4 heteroatoms. The normalized spacial score (nSPS) is 8.14. The van der Waals surface area contributed by atoms with Crippen molar-refractivity contribution in [3.8, 4) is 11.5 Å². The first-order valence-corrected chi connectivity index (χ1v) is 4.14. The van der Waals surface area contributed by atoms with Crippen LogP contribution < -0.4 is 26.5 Å². The van der Waals surface area contributed by atoms with Crippen LogP contribution in [-0.4, -0.2) is 36.3 Å². The molecule has 0 N–H and O–H groups in total. The van der Waals surface area contributed by atoms with Crippen LogP contribution in [0.5, 0.6) is 11.5 Å². The van der Waals surface area contributed by atoms with Gasteiger partial charge in [-0.25, -0.2) is 0 Å². The van der Waals surface area contributed by atoms with Gasteiger partial charge in [0.25, 0.3) is 0 Å². The van der Waals surface area contributed by atoms with Gasteiger partial charge in [-0.2, -0.15) is 6.07 Å². The number of hydrogen-bond acceptors (Lipinski definition) is 2. The number of rotatable bonds is 4. The molecule has 0 bridgehead atoms. The summed E-state index contributed by atoms with van der Waals surface area (Å²) >= 11 is 0. The molecule has 1 aromatic rings. The predicted octanol–water partition coefficient (Wildman–Crippen LogP) is -1.09. The van der Waals surface area contributed by atoms with Crippen molar-refractivity contribution in [3.63, 3.8) is 0 Å². The summed E-state index contributed by atoms with van der Waals surface area (Å²) in [6.45, 7) is 5.24. The summed E-state index contributed by atoms with van der Waals surface area (Å²) in [5.41, 5.74) is 0. The molecular formula is C10H13BrMgO2. The van der Waals surface area contributed by atoms with Gasteiger partial charge in [0, 0.05) is 11.5 Å². The zero-order valence-electron chi connectivity index (χ0n) is 8.55. The molecule has 0 aliphatic rings. The van der Waals surface area contributed by atoms with Crippen LogP contribution in [0.1, 0.15) is 13.8 Å². The molecule has 1 aromatic carbocycles. The van der Waals surface area contributed by atoms with Gasteiger partial charge in [0.15, 0.2) is 0 Å². The van der Waals surface area contributed by atoms with Crippen LogP contribution in [0.25, 0.3) is 0 Å². The van der Waals surface area contributed by atoms with Crippen LogP contribution in [0.4, 0.5) is 0 Å². The Labute approximate surface area is 112 Å². The molecule has 0 atom stereocenters. The Hall–Kier alpha value is 0.0662. The fraction of sp³-hybridized carbons (Fsp3) is 0.400. The molecule has 0 spiro atoms. The summed E-state index contributed by atoms with van der Waals surface area (Å²) in [4.78, 5) is 0. The molecule has 0 aliphatic carbocycles. The van der Waals surface area contributed by atoms with Gasteiger partial charge in [0.05, 0.1) is 13.2 Å². The third-order valence-electron chi connectivity index (χ3n) is 1.36. The third-order valence-corrected chi connectivity index (χ3v) is 1.36. The van der Waals surface area contributed by atoms with Gasteiger partial charge in [0.1, 0.15) is 0 Å². The van der Waals surface area contributed by atoms with Gasteiger partial charge < -0.3 is 26.5 Å². The van der Waals surface area contributed by atoms with E-state index < -0.39 is 0 Å². The van der Waals surface area contributed by atoms with E-state index in [2.05, 4.69) is 6.07 Å². The second-order valence-corrected chi connectivity index (χ2v) is 2.25. The molecule has 0 saturated carbocycles. The van der Waals surface area contributed by atoms with Gasteiger partial charge in [-0.15, -0.1) is 12.1 Å². The average molecular weight is 269 g/mol. The number of ether oxygens (including phenoxy) is 2. The third kappa shape index (κ3) is 5.72. The van der Waals surface area contributed by atoms with E-state index in [1.807, 2.05) is 26.0 Å². The molecule has 74 valence electrons. The van der Waals surface area contributed by atoms with E-state index in [9.17, 15) is 0 Å². The van der Waals surface area contributed by atoms with Crippen LogP contribution >= 0.6 is 0 Å². The van der Waals surface area contributed by atoms with Crippen LogP contribution in [0, 0.1) is 6.07 Å². The second kappa shape index (κ2) is 9.61. The fourth-order valence-electron chi connectivity index (χ4n) is 0.920. The number of benzene rings is 1. The maximum atomic E-state index is 5.29. The molecule has 14 heavy (non-hydrogen) atoms. The zero-order valence-corrected chi connectivity index (χ0v) is 11.5. The molecule has 0 saturated heterocycles. The Morgan fingerprint density at radius 3 is 2.43 bits per heavy atom. The minimum absolute atomic E-state index is 0. The van der Waals surface area contributed by atoms with Crippen molar-refractivity contribution < 1.29 is 26.5 Å². The molecule has 2 nitrogen and oxygen atoms in total. The summed E-state index contributed by atoms with van der Waals surface area (Å²) < 4.78 is 10.6. The summed E-state index contributed by atoms with van der Waals surface area (Å²) in [6.07, 6.45) is 0. The Balaban J connectivity index is 0. The monoisotopic (exact) mass is 268 g/mol. The van der Waals surface area contributed by atoms with Crippen LogP contribution in [0.15, 0.2) is 18.2 Å². The van der Waals surface area contributed by atoms with Gasteiger partial charge in [-0.05, 0) is 13.8 Å². The van der Waals surface area contributed by atoms with Crippen molar-refractivity contribution in [2.45, 2.75) is 13.8 Å². The van der Waals surface area contributed by atoms with Gasteiger partial charge in [-0.3, -0.25) is 0 Å². The Bertz CT molecular complexity index is 222. The van der Waals surface area contributed by atoms with E-state index in [0.29, 0.717) is 13.2 Å². The fourth-order valence-corrected chi connectivity index (χ4v) is 0.920. The SMILES string of the molecule is CCOc1[c-]ccc(OCC)c1.[Br-].[Mg+2]. The standard InChI is InChI=1S/C10H13O2.BrH.Mg/c1-3-11-9-6-5-7-10(8-9)12-4-2;;/h5-6,8H,3-4H2,1-2H3;1H;/q-1;;+2/p-1. The van der Waals surface area contributed by atoms with Crippen LogP contribution in [0.2, 0.25) is 0 Å². The molecule has 0 unspecified atom stereocenters. The van der Waals surface area contributed by atoms with Gasteiger partial charge in [-0.1, -0.05) is 6.07 Å². The summed E-state index contributed by atoms with van der Waals surface area (Å²) in [7, 11) is 0. The predicted molar refractivity (Wildman–Crippen MR) is 53.4 cm³/mol. The van der Waals surface area contributed by atoms with Crippen molar-refractivity contribution in [1.82, 2.24) is 0 Å². The topological polar surface area (TPSA) is 18.5 Å². The Morgan fingerprint density at radius 2 is 1.86 bits per heavy atom. The van der Waals surface area contributed by atoms with E-state index in [0.717, 1.165) is 11.5 Å². The van der Waals surface area contributed by atoms with Crippen molar-refractivity contribution in [2.24, 2.45) is 0 Å². The molecule has 0 radical (unpaired) electrons. The molecule has 0 aliphatic heterocycles. The van der Waals surface area contributed by atoms with E-state index in [1.54, 1.807) is 6.07 Å². The number of halogens is 1. The van der Waals surface area contributed by atoms with Crippen LogP contribution in [0.3, 0.4) is 0 Å². The minimum atomic E-state index is 0. The molecule has 0 heterocycles. The smallest absolute Gasteiger partial charge is 1.00 e. The first-order chi connectivity index (χ1) is 5.86. The molecule has 0 fully saturated rings. The molecular weight excluding hydrogens is 256 g/mol. The molecule has 0 amide bonds. The minimum Gasteiger partial charge on any atom is -1.00 e. The second-order valence-electron chi connectivity index (χ2n) is 2.25. The maximum absolute atomic E-state index is 5.29. The molecule has 0 aromatic heterocycles. The maximum Gasteiger partial charge on any atom is 2.00 e. The van der Waals surface area contributed by atoms with E-state index in [-0.39, 0.29) is 40.0 Å². The Kier molecular flexibility index (Phi) is 11.3. The van der Waals surface area contributed by atoms with Gasteiger partial charge >= 0.3 is 23.1 Å². The van der Waals surface area contributed by atoms with Crippen molar-refractivity contribution in [2.75, 3.05) is 13.2 Å². The Morgan fingerprint density at radius 1 is 1.21 bits per heavy atom. The summed E-state index contributed by atoms with van der Waals surface area (Å²) in [5.74, 6) is 1.57. The van der Waals surface area contributed by atoms with Gasteiger partial charge in [0.2, 0.25) is 0 Å². The number of hydrogen-bond donors (Lipinski definition) is 0. The van der Waals surface area contributed by atoms with Crippen molar-refractivity contribution in [3.05, 3.63) is 24.3 Å². The first kappa shape index (κ1) is 16.5. The van der Waals surface area contributed by atoms with E-state index in [4.69, 9.17) is 9.47 Å². The largest absolute Gasteiger partial charge is 2.00 e. The van der Waals surface area contributed by atoms with Crippen molar-refractivity contribution >= 4 is 23.1 Å². The first-order valence-electron chi connectivity index (χ1n) is 4.14. The summed E-state index contributed by atoms with van der Waals surface area (Å²) in [5, 5.41) is 0. The van der Waals surface area contributed by atoms with Crippen molar-refractivity contribution in [1.29, 1.82) is 0 Å². The van der Waals surface area contributed by atoms with E-state index >= 15 is 0 Å². The quantitative estimate of drug-likeness (QED) is 0.511. The summed E-state index contributed by atoms with van der Waals surface area (Å²) in [6, 6.07) is 8.47. The van der Waals surface area contributed by atoms with E-state index in [1.165, 1.54) is 0 Å². The average Bonchev–Trinajstić information content (AvgIpc) is 2.06. The molecule has 1 rings (SSSR count). The zero-order chi connectivity index (χ0) is 8.81. The van der Waals surface area contributed by atoms with Crippen LogP contribution in [-0.2, 0) is 0 Å².